The Morgan fingerprint density at radius 3 is 2.79 bits per heavy atom. The van der Waals surface area contributed by atoms with Crippen molar-refractivity contribution < 1.29 is 4.52 Å². The largest absolute Gasteiger partial charge is 0.338 e. The summed E-state index contributed by atoms with van der Waals surface area (Å²) in [6, 6.07) is 9.67. The first-order valence-corrected chi connectivity index (χ1v) is 7.94. The molecule has 0 aliphatic heterocycles. The van der Waals surface area contributed by atoms with Crippen LogP contribution >= 0.6 is 35.1 Å². The highest BCUT2D eigenvalue weighted by molar-refractivity contribution is 7.98. The van der Waals surface area contributed by atoms with Gasteiger partial charge in [-0.2, -0.15) is 10.2 Å². The molecule has 1 heterocycles. The van der Waals surface area contributed by atoms with Crippen molar-refractivity contribution in [3.8, 4) is 6.07 Å². The van der Waals surface area contributed by atoms with Gasteiger partial charge in [-0.15, -0.1) is 23.5 Å². The van der Waals surface area contributed by atoms with Crippen LogP contribution in [0.15, 0.2) is 33.7 Å². The predicted octanol–water partition coefficient (Wildman–Crippen LogP) is 3.77. The smallest absolute Gasteiger partial charge is 0.236 e. The number of benzene rings is 1. The minimum absolute atomic E-state index is 0.428. The average Bonchev–Trinajstić information content (AvgIpc) is 2.86. The number of hydrogen-bond acceptors (Lipinski definition) is 6. The SMILES string of the molecule is N#CCSCc1nc(CSc2ccc(Cl)cc2)no1. The molecule has 0 saturated carbocycles. The fourth-order valence-corrected chi connectivity index (χ4v) is 2.62. The Morgan fingerprint density at radius 1 is 1.26 bits per heavy atom. The molecular formula is C12H10ClN3OS2. The van der Waals surface area contributed by atoms with Gasteiger partial charge in [-0.05, 0) is 24.3 Å². The van der Waals surface area contributed by atoms with Crippen molar-refractivity contribution in [3.63, 3.8) is 0 Å². The van der Waals surface area contributed by atoms with Crippen molar-refractivity contribution in [2.24, 2.45) is 0 Å². The van der Waals surface area contributed by atoms with Crippen LogP contribution in [0.2, 0.25) is 5.02 Å². The van der Waals surface area contributed by atoms with Crippen molar-refractivity contribution in [2.75, 3.05) is 5.75 Å². The molecule has 19 heavy (non-hydrogen) atoms. The number of nitriles is 1. The van der Waals surface area contributed by atoms with E-state index >= 15 is 0 Å². The predicted molar refractivity (Wildman–Crippen MR) is 77.1 cm³/mol. The van der Waals surface area contributed by atoms with Gasteiger partial charge < -0.3 is 4.52 Å². The highest BCUT2D eigenvalue weighted by Gasteiger charge is 2.06. The van der Waals surface area contributed by atoms with Crippen LogP contribution in [0.25, 0.3) is 0 Å². The van der Waals surface area contributed by atoms with Crippen LogP contribution in [0.3, 0.4) is 0 Å². The van der Waals surface area contributed by atoms with E-state index in [0.29, 0.717) is 29.0 Å². The molecule has 0 atom stereocenters. The minimum Gasteiger partial charge on any atom is -0.338 e. The number of aromatic nitrogens is 2. The van der Waals surface area contributed by atoms with Crippen LogP contribution in [0.4, 0.5) is 0 Å². The Hall–Kier alpha value is -1.16. The van der Waals surface area contributed by atoms with E-state index < -0.39 is 0 Å². The Labute approximate surface area is 124 Å². The molecule has 1 aromatic carbocycles. The molecule has 2 aromatic rings. The van der Waals surface area contributed by atoms with Crippen molar-refractivity contribution in [2.45, 2.75) is 16.4 Å². The number of halogens is 1. The topological polar surface area (TPSA) is 62.7 Å². The second-order valence-corrected chi connectivity index (χ2v) is 5.97. The molecule has 4 nitrogen and oxygen atoms in total. The summed E-state index contributed by atoms with van der Waals surface area (Å²) in [5.74, 6) is 2.87. The molecule has 98 valence electrons. The van der Waals surface area contributed by atoms with Gasteiger partial charge in [0.2, 0.25) is 5.89 Å². The van der Waals surface area contributed by atoms with E-state index in [9.17, 15) is 0 Å². The van der Waals surface area contributed by atoms with E-state index in [0.717, 1.165) is 9.92 Å². The maximum absolute atomic E-state index is 8.43. The van der Waals surface area contributed by atoms with Crippen LogP contribution < -0.4 is 0 Å². The van der Waals surface area contributed by atoms with E-state index in [2.05, 4.69) is 16.2 Å². The molecule has 0 amide bonds. The fourth-order valence-electron chi connectivity index (χ4n) is 1.27. The quantitative estimate of drug-likeness (QED) is 0.597. The van der Waals surface area contributed by atoms with Crippen molar-refractivity contribution in [3.05, 3.63) is 41.0 Å². The molecule has 0 spiro atoms. The van der Waals surface area contributed by atoms with E-state index in [4.69, 9.17) is 21.4 Å². The lowest BCUT2D eigenvalue weighted by molar-refractivity contribution is 0.386. The average molecular weight is 312 g/mol. The number of rotatable bonds is 6. The number of hydrogen-bond donors (Lipinski definition) is 0. The highest BCUT2D eigenvalue weighted by Crippen LogP contribution is 2.23. The summed E-state index contributed by atoms with van der Waals surface area (Å²) in [6.45, 7) is 0. The Balaban J connectivity index is 1.83. The van der Waals surface area contributed by atoms with Gasteiger partial charge in [-0.3, -0.25) is 0 Å². The lowest BCUT2D eigenvalue weighted by atomic mass is 10.4. The lowest BCUT2D eigenvalue weighted by Gasteiger charge is -1.97. The first-order chi connectivity index (χ1) is 9.28. The van der Waals surface area contributed by atoms with Gasteiger partial charge in [-0.1, -0.05) is 16.8 Å². The maximum Gasteiger partial charge on any atom is 0.236 e. The molecule has 0 fully saturated rings. The van der Waals surface area contributed by atoms with Gasteiger partial charge in [0.15, 0.2) is 5.82 Å². The van der Waals surface area contributed by atoms with Crippen molar-refractivity contribution >= 4 is 35.1 Å². The second kappa shape index (κ2) is 7.43. The van der Waals surface area contributed by atoms with Crippen LogP contribution in [0, 0.1) is 11.3 Å². The summed E-state index contributed by atoms with van der Waals surface area (Å²) in [4.78, 5) is 5.37. The minimum atomic E-state index is 0.428. The van der Waals surface area contributed by atoms with Gasteiger partial charge in [0.1, 0.15) is 0 Å². The van der Waals surface area contributed by atoms with Crippen molar-refractivity contribution in [1.29, 1.82) is 5.26 Å². The molecule has 2 rings (SSSR count). The zero-order valence-corrected chi connectivity index (χ0v) is 12.3. The van der Waals surface area contributed by atoms with E-state index in [-0.39, 0.29) is 0 Å². The first-order valence-electron chi connectivity index (χ1n) is 5.42. The van der Waals surface area contributed by atoms with Crippen LogP contribution in [-0.4, -0.2) is 15.9 Å². The van der Waals surface area contributed by atoms with Crippen LogP contribution in [0.5, 0.6) is 0 Å². The molecule has 0 radical (unpaired) electrons. The molecule has 0 saturated heterocycles. The Bertz CT molecular complexity index is 565. The standard InChI is InChI=1S/C12H10ClN3OS2/c13-9-1-3-10(4-2-9)19-7-11-15-12(17-16-11)8-18-6-5-14/h1-4H,6-8H2. The third kappa shape index (κ3) is 4.78. The monoisotopic (exact) mass is 311 g/mol. The van der Waals surface area contributed by atoms with Crippen molar-refractivity contribution in [1.82, 2.24) is 10.1 Å². The molecule has 0 aliphatic rings. The summed E-state index contributed by atoms with van der Waals surface area (Å²) in [5, 5.41) is 13.1. The van der Waals surface area contributed by atoms with Crippen LogP contribution in [0.1, 0.15) is 11.7 Å². The molecule has 0 bridgehead atoms. The first kappa shape index (κ1) is 14.3. The summed E-state index contributed by atoms with van der Waals surface area (Å²) in [7, 11) is 0. The van der Waals surface area contributed by atoms with Gasteiger partial charge in [0.25, 0.3) is 0 Å². The molecule has 1 aromatic heterocycles. The fraction of sp³-hybridized carbons (Fsp3) is 0.250. The summed E-state index contributed by atoms with van der Waals surface area (Å²) in [5.41, 5.74) is 0. The Kier molecular flexibility index (Phi) is 5.58. The zero-order chi connectivity index (χ0) is 13.5. The second-order valence-electron chi connectivity index (χ2n) is 3.50. The third-order valence-electron chi connectivity index (χ3n) is 2.08. The summed E-state index contributed by atoms with van der Waals surface area (Å²) < 4.78 is 5.09. The number of thioether (sulfide) groups is 2. The zero-order valence-electron chi connectivity index (χ0n) is 9.88. The van der Waals surface area contributed by atoms with Gasteiger partial charge in [0, 0.05) is 9.92 Å². The summed E-state index contributed by atoms with van der Waals surface area (Å²) in [6.07, 6.45) is 0. The molecule has 0 aliphatic carbocycles. The highest BCUT2D eigenvalue weighted by atomic mass is 35.5. The third-order valence-corrected chi connectivity index (χ3v) is 4.13. The normalized spacial score (nSPS) is 10.3. The van der Waals surface area contributed by atoms with Gasteiger partial charge >= 0.3 is 0 Å². The van der Waals surface area contributed by atoms with Gasteiger partial charge in [0.05, 0.1) is 23.3 Å². The number of nitrogens with zero attached hydrogens (tertiary/aromatic N) is 3. The lowest BCUT2D eigenvalue weighted by Crippen LogP contribution is -1.85. The maximum atomic E-state index is 8.43. The van der Waals surface area contributed by atoms with Gasteiger partial charge in [-0.25, -0.2) is 0 Å². The van der Waals surface area contributed by atoms with E-state index in [1.54, 1.807) is 11.8 Å². The Morgan fingerprint density at radius 2 is 2.05 bits per heavy atom. The van der Waals surface area contributed by atoms with Crippen LogP contribution in [-0.2, 0) is 11.5 Å². The van der Waals surface area contributed by atoms with E-state index in [1.807, 2.05) is 24.3 Å². The van der Waals surface area contributed by atoms with E-state index in [1.165, 1.54) is 11.8 Å². The molecule has 0 N–H and O–H groups in total. The summed E-state index contributed by atoms with van der Waals surface area (Å²) >= 11 is 8.90. The molecular weight excluding hydrogens is 302 g/mol. The molecule has 7 heteroatoms. The molecule has 0 unspecified atom stereocenters.